The van der Waals surface area contributed by atoms with Gasteiger partial charge in [0.2, 0.25) is 0 Å². The van der Waals surface area contributed by atoms with E-state index < -0.39 is 0 Å². The minimum absolute atomic E-state index is 0.605. The largest absolute Gasteiger partial charge is 0.372 e. The Morgan fingerprint density at radius 3 is 2.72 bits per heavy atom. The molecular formula is C13H14BrN3S. The van der Waals surface area contributed by atoms with Gasteiger partial charge in [0.1, 0.15) is 5.82 Å². The molecule has 0 saturated heterocycles. The molecule has 18 heavy (non-hydrogen) atoms. The van der Waals surface area contributed by atoms with Gasteiger partial charge in [-0.15, -0.1) is 11.3 Å². The number of aryl methyl sites for hydroxylation is 1. The van der Waals surface area contributed by atoms with Crippen LogP contribution in [-0.2, 0) is 0 Å². The standard InChI is InChI=1S/C13H14BrN3S/c1-7-5-6-18-11(7)13-16-10(8-3-4-8)9(14)12(15-2)17-13/h5-6,8H,3-4H2,1-2H3,(H,15,16,17). The SMILES string of the molecule is CNc1nc(-c2sccc2C)nc(C2CC2)c1Br. The van der Waals surface area contributed by atoms with E-state index in [4.69, 9.17) is 4.98 Å². The fourth-order valence-electron chi connectivity index (χ4n) is 1.96. The fourth-order valence-corrected chi connectivity index (χ4v) is 3.52. The van der Waals surface area contributed by atoms with Crippen molar-refractivity contribution in [2.24, 2.45) is 0 Å². The van der Waals surface area contributed by atoms with Gasteiger partial charge in [-0.3, -0.25) is 0 Å². The van der Waals surface area contributed by atoms with Crippen LogP contribution in [0.25, 0.3) is 10.7 Å². The van der Waals surface area contributed by atoms with Gasteiger partial charge in [-0.05, 0) is 52.7 Å². The van der Waals surface area contributed by atoms with Crippen molar-refractivity contribution in [3.05, 3.63) is 27.2 Å². The van der Waals surface area contributed by atoms with Crippen LogP contribution in [0.2, 0.25) is 0 Å². The first kappa shape index (κ1) is 12.1. The quantitative estimate of drug-likeness (QED) is 0.920. The zero-order chi connectivity index (χ0) is 12.7. The maximum Gasteiger partial charge on any atom is 0.172 e. The highest BCUT2D eigenvalue weighted by atomic mass is 79.9. The van der Waals surface area contributed by atoms with E-state index in [1.165, 1.54) is 23.3 Å². The Morgan fingerprint density at radius 2 is 2.17 bits per heavy atom. The van der Waals surface area contributed by atoms with Gasteiger partial charge in [0.25, 0.3) is 0 Å². The summed E-state index contributed by atoms with van der Waals surface area (Å²) in [6, 6.07) is 2.11. The maximum absolute atomic E-state index is 4.76. The molecule has 0 amide bonds. The van der Waals surface area contributed by atoms with E-state index in [0.717, 1.165) is 21.8 Å². The van der Waals surface area contributed by atoms with Gasteiger partial charge < -0.3 is 5.32 Å². The van der Waals surface area contributed by atoms with E-state index in [9.17, 15) is 0 Å². The minimum atomic E-state index is 0.605. The maximum atomic E-state index is 4.76. The Labute approximate surface area is 119 Å². The Kier molecular flexibility index (Phi) is 3.11. The molecule has 3 nitrogen and oxygen atoms in total. The lowest BCUT2D eigenvalue weighted by Gasteiger charge is -2.10. The van der Waals surface area contributed by atoms with Gasteiger partial charge in [-0.2, -0.15) is 0 Å². The number of thiophene rings is 1. The van der Waals surface area contributed by atoms with Gasteiger partial charge in [0, 0.05) is 13.0 Å². The van der Waals surface area contributed by atoms with Crippen LogP contribution in [0.5, 0.6) is 0 Å². The second-order valence-corrected chi connectivity index (χ2v) is 6.26. The molecule has 2 aromatic rings. The van der Waals surface area contributed by atoms with Gasteiger partial charge in [0.15, 0.2) is 5.82 Å². The number of rotatable bonds is 3. The lowest BCUT2D eigenvalue weighted by atomic mass is 10.2. The Balaban J connectivity index is 2.15. The zero-order valence-electron chi connectivity index (χ0n) is 10.3. The van der Waals surface area contributed by atoms with Gasteiger partial charge in [-0.25, -0.2) is 9.97 Å². The number of halogens is 1. The zero-order valence-corrected chi connectivity index (χ0v) is 12.7. The Morgan fingerprint density at radius 1 is 1.39 bits per heavy atom. The van der Waals surface area contributed by atoms with Crippen molar-refractivity contribution in [1.82, 2.24) is 9.97 Å². The Bertz CT molecular complexity index is 590. The van der Waals surface area contributed by atoms with Gasteiger partial charge in [0.05, 0.1) is 15.0 Å². The second kappa shape index (κ2) is 4.63. The molecule has 2 aromatic heterocycles. The highest BCUT2D eigenvalue weighted by Crippen LogP contribution is 2.44. The summed E-state index contributed by atoms with van der Waals surface area (Å²) in [4.78, 5) is 10.5. The van der Waals surface area contributed by atoms with E-state index >= 15 is 0 Å². The number of nitrogens with zero attached hydrogens (tertiary/aromatic N) is 2. The first-order valence-electron chi connectivity index (χ1n) is 6.00. The molecule has 3 rings (SSSR count). The molecule has 1 saturated carbocycles. The number of aromatic nitrogens is 2. The molecule has 0 aromatic carbocycles. The smallest absolute Gasteiger partial charge is 0.172 e. The summed E-state index contributed by atoms with van der Waals surface area (Å²) in [6.07, 6.45) is 2.48. The average Bonchev–Trinajstić information content (AvgIpc) is 3.12. The first-order chi connectivity index (χ1) is 8.70. The monoisotopic (exact) mass is 323 g/mol. The Hall–Kier alpha value is -0.940. The number of hydrogen-bond acceptors (Lipinski definition) is 4. The van der Waals surface area contributed by atoms with Crippen molar-refractivity contribution in [2.75, 3.05) is 12.4 Å². The molecule has 0 radical (unpaired) electrons. The molecule has 1 aliphatic carbocycles. The summed E-state index contributed by atoms with van der Waals surface area (Å²) in [5, 5.41) is 5.24. The summed E-state index contributed by atoms with van der Waals surface area (Å²) in [6.45, 7) is 2.10. The predicted molar refractivity (Wildman–Crippen MR) is 79.3 cm³/mol. The highest BCUT2D eigenvalue weighted by molar-refractivity contribution is 9.10. The molecule has 0 atom stereocenters. The van der Waals surface area contributed by atoms with Crippen LogP contribution in [0.1, 0.15) is 30.0 Å². The van der Waals surface area contributed by atoms with E-state index in [2.05, 4.69) is 44.6 Å². The molecule has 0 spiro atoms. The normalized spacial score (nSPS) is 14.8. The van der Waals surface area contributed by atoms with Crippen LogP contribution < -0.4 is 5.32 Å². The molecule has 1 aliphatic rings. The van der Waals surface area contributed by atoms with Gasteiger partial charge >= 0.3 is 0 Å². The molecule has 5 heteroatoms. The number of anilines is 1. The van der Waals surface area contributed by atoms with Crippen LogP contribution in [0, 0.1) is 6.92 Å². The van der Waals surface area contributed by atoms with E-state index in [-0.39, 0.29) is 0 Å². The summed E-state index contributed by atoms with van der Waals surface area (Å²) < 4.78 is 1.02. The molecule has 1 fully saturated rings. The number of hydrogen-bond donors (Lipinski definition) is 1. The minimum Gasteiger partial charge on any atom is -0.372 e. The fraction of sp³-hybridized carbons (Fsp3) is 0.385. The molecule has 1 N–H and O–H groups in total. The lowest BCUT2D eigenvalue weighted by molar-refractivity contribution is 0.981. The summed E-state index contributed by atoms with van der Waals surface area (Å²) in [5.41, 5.74) is 2.39. The molecule has 0 bridgehead atoms. The summed E-state index contributed by atoms with van der Waals surface area (Å²) in [7, 11) is 1.90. The van der Waals surface area contributed by atoms with Crippen LogP contribution in [-0.4, -0.2) is 17.0 Å². The average molecular weight is 324 g/mol. The van der Waals surface area contributed by atoms with Crippen molar-refractivity contribution in [2.45, 2.75) is 25.7 Å². The van der Waals surface area contributed by atoms with Crippen LogP contribution in [0.4, 0.5) is 5.82 Å². The van der Waals surface area contributed by atoms with Gasteiger partial charge in [-0.1, -0.05) is 0 Å². The van der Waals surface area contributed by atoms with Crippen molar-refractivity contribution >= 4 is 33.1 Å². The van der Waals surface area contributed by atoms with Crippen LogP contribution in [0.15, 0.2) is 15.9 Å². The molecule has 94 valence electrons. The molecular weight excluding hydrogens is 310 g/mol. The van der Waals surface area contributed by atoms with Crippen molar-refractivity contribution < 1.29 is 0 Å². The predicted octanol–water partition coefficient (Wildman–Crippen LogP) is 4.20. The summed E-state index contributed by atoms with van der Waals surface area (Å²) in [5.74, 6) is 2.33. The highest BCUT2D eigenvalue weighted by Gasteiger charge is 2.29. The van der Waals surface area contributed by atoms with Crippen LogP contribution in [0.3, 0.4) is 0 Å². The summed E-state index contributed by atoms with van der Waals surface area (Å²) >= 11 is 5.31. The van der Waals surface area contributed by atoms with Crippen LogP contribution >= 0.6 is 27.3 Å². The van der Waals surface area contributed by atoms with Crippen molar-refractivity contribution in [1.29, 1.82) is 0 Å². The second-order valence-electron chi connectivity index (χ2n) is 4.55. The van der Waals surface area contributed by atoms with E-state index in [0.29, 0.717) is 5.92 Å². The third kappa shape index (κ3) is 2.06. The van der Waals surface area contributed by atoms with Crippen molar-refractivity contribution in [3.63, 3.8) is 0 Å². The van der Waals surface area contributed by atoms with Crippen molar-refractivity contribution in [3.8, 4) is 10.7 Å². The topological polar surface area (TPSA) is 37.8 Å². The van der Waals surface area contributed by atoms with E-state index in [1.54, 1.807) is 11.3 Å². The third-order valence-electron chi connectivity index (χ3n) is 3.14. The lowest BCUT2D eigenvalue weighted by Crippen LogP contribution is -2.02. The first-order valence-corrected chi connectivity index (χ1v) is 7.67. The molecule has 2 heterocycles. The van der Waals surface area contributed by atoms with E-state index in [1.807, 2.05) is 7.05 Å². The third-order valence-corrected chi connectivity index (χ3v) is 4.94. The number of nitrogens with one attached hydrogen (secondary N) is 1. The molecule has 0 unspecified atom stereocenters. The molecule has 0 aliphatic heterocycles.